The fraction of sp³-hybridized carbons (Fsp3) is 0.400. The molecule has 0 bridgehead atoms. The van der Waals surface area contributed by atoms with Crippen LogP contribution in [0.25, 0.3) is 5.82 Å². The summed E-state index contributed by atoms with van der Waals surface area (Å²) < 4.78 is 45.5. The molecule has 0 saturated carbocycles. The summed E-state index contributed by atoms with van der Waals surface area (Å²) in [7, 11) is 0. The van der Waals surface area contributed by atoms with Crippen molar-refractivity contribution in [2.24, 2.45) is 0 Å². The molecule has 2 aromatic heterocycles. The summed E-state index contributed by atoms with van der Waals surface area (Å²) in [5, 5.41) is 7.24. The van der Waals surface area contributed by atoms with Gasteiger partial charge in [-0.05, 0) is 29.2 Å². The van der Waals surface area contributed by atoms with E-state index in [9.17, 15) is 18.0 Å². The quantitative estimate of drug-likeness (QED) is 0.542. The van der Waals surface area contributed by atoms with Crippen LogP contribution in [0, 0.1) is 0 Å². The monoisotopic (exact) mass is 487 g/mol. The first-order chi connectivity index (χ1) is 16.7. The molecule has 1 saturated heterocycles. The number of carbonyl (C=O) groups is 1. The van der Waals surface area contributed by atoms with Crippen LogP contribution in [0.1, 0.15) is 52.5 Å². The minimum absolute atomic E-state index is 0.115. The zero-order chi connectivity index (χ0) is 25.0. The number of rotatable bonds is 7. The van der Waals surface area contributed by atoms with Gasteiger partial charge in [-0.3, -0.25) is 9.69 Å². The van der Waals surface area contributed by atoms with E-state index < -0.39 is 11.7 Å². The van der Waals surface area contributed by atoms with Crippen molar-refractivity contribution in [3.63, 3.8) is 0 Å². The van der Waals surface area contributed by atoms with Gasteiger partial charge >= 0.3 is 6.18 Å². The number of ether oxygens (including phenoxy) is 1. The minimum Gasteiger partial charge on any atom is -0.379 e. The van der Waals surface area contributed by atoms with Gasteiger partial charge in [0.1, 0.15) is 0 Å². The number of hydrogen-bond acceptors (Lipinski definition) is 5. The smallest absolute Gasteiger partial charge is 0.379 e. The molecule has 0 spiro atoms. The van der Waals surface area contributed by atoms with E-state index >= 15 is 0 Å². The predicted molar refractivity (Wildman–Crippen MR) is 124 cm³/mol. The van der Waals surface area contributed by atoms with E-state index in [0.29, 0.717) is 31.0 Å². The van der Waals surface area contributed by atoms with Gasteiger partial charge in [0, 0.05) is 32.4 Å². The van der Waals surface area contributed by atoms with Gasteiger partial charge in [-0.25, -0.2) is 9.67 Å². The first kappa shape index (κ1) is 24.9. The number of benzene rings is 1. The van der Waals surface area contributed by atoms with Crippen molar-refractivity contribution in [1.82, 2.24) is 25.0 Å². The van der Waals surface area contributed by atoms with Crippen LogP contribution >= 0.6 is 0 Å². The Labute approximate surface area is 201 Å². The second-order valence-electron chi connectivity index (χ2n) is 8.75. The number of nitrogens with one attached hydrogen (secondary N) is 1. The van der Waals surface area contributed by atoms with Gasteiger partial charge in [-0.1, -0.05) is 38.1 Å². The lowest BCUT2D eigenvalue weighted by molar-refractivity contribution is -0.137. The topological polar surface area (TPSA) is 72.3 Å². The molecule has 1 aliphatic rings. The van der Waals surface area contributed by atoms with Crippen molar-refractivity contribution < 1.29 is 22.7 Å². The highest BCUT2D eigenvalue weighted by Gasteiger charge is 2.31. The Morgan fingerprint density at radius 2 is 1.80 bits per heavy atom. The molecule has 0 radical (unpaired) electrons. The molecule has 0 unspecified atom stereocenters. The first-order valence-corrected chi connectivity index (χ1v) is 11.5. The summed E-state index contributed by atoms with van der Waals surface area (Å²) >= 11 is 0. The first-order valence-electron chi connectivity index (χ1n) is 11.5. The van der Waals surface area contributed by atoms with E-state index in [1.165, 1.54) is 16.9 Å². The Bertz CT molecular complexity index is 1150. The number of carbonyl (C=O) groups excluding carboxylic acids is 1. The number of halogens is 3. The zero-order valence-corrected chi connectivity index (χ0v) is 19.7. The second-order valence-corrected chi connectivity index (χ2v) is 8.75. The van der Waals surface area contributed by atoms with E-state index in [1.54, 1.807) is 0 Å². The minimum atomic E-state index is -4.47. The number of pyridine rings is 1. The summed E-state index contributed by atoms with van der Waals surface area (Å²) in [4.78, 5) is 19.4. The molecule has 10 heteroatoms. The summed E-state index contributed by atoms with van der Waals surface area (Å²) in [5.41, 5.74) is 2.27. The molecule has 4 rings (SSSR count). The molecule has 186 valence electrons. The standard InChI is InChI=1S/C25H28F3N5O2/c1-17(2)23-21(15-31-33(23)22-8-7-20(14-29-22)25(26,27)28)24(34)30-13-18-5-3-4-6-19(18)16-32-9-11-35-12-10-32/h3-8,14-15,17H,9-13,16H2,1-2H3,(H,30,34). The molecule has 3 aromatic rings. The third kappa shape index (κ3) is 5.88. The van der Waals surface area contributed by atoms with Crippen LogP contribution in [0.3, 0.4) is 0 Å². The number of alkyl halides is 3. The highest BCUT2D eigenvalue weighted by atomic mass is 19.4. The van der Waals surface area contributed by atoms with E-state index in [0.717, 1.165) is 43.0 Å². The number of morpholine rings is 1. The maximum atomic E-state index is 13.1. The molecule has 3 heterocycles. The van der Waals surface area contributed by atoms with Crippen LogP contribution in [-0.2, 0) is 24.0 Å². The maximum Gasteiger partial charge on any atom is 0.417 e. The average Bonchev–Trinajstić information content (AvgIpc) is 3.29. The van der Waals surface area contributed by atoms with Crippen molar-refractivity contribution >= 4 is 5.91 Å². The molecular weight excluding hydrogens is 459 g/mol. The van der Waals surface area contributed by atoms with Gasteiger partial charge in [0.05, 0.1) is 36.2 Å². The molecule has 1 N–H and O–H groups in total. The summed E-state index contributed by atoms with van der Waals surface area (Å²) in [6, 6.07) is 10.2. The molecule has 0 atom stereocenters. The zero-order valence-electron chi connectivity index (χ0n) is 19.7. The third-order valence-electron chi connectivity index (χ3n) is 5.95. The van der Waals surface area contributed by atoms with Crippen molar-refractivity contribution in [2.75, 3.05) is 26.3 Å². The van der Waals surface area contributed by atoms with Gasteiger partial charge in [-0.2, -0.15) is 18.3 Å². The molecular formula is C25H28F3N5O2. The Kier molecular flexibility index (Phi) is 7.51. The lowest BCUT2D eigenvalue weighted by Gasteiger charge is -2.27. The number of amides is 1. The van der Waals surface area contributed by atoms with Gasteiger partial charge < -0.3 is 10.1 Å². The Balaban J connectivity index is 1.50. The molecule has 1 aliphatic heterocycles. The molecule has 35 heavy (non-hydrogen) atoms. The fourth-order valence-electron chi connectivity index (χ4n) is 4.11. The third-order valence-corrected chi connectivity index (χ3v) is 5.95. The van der Waals surface area contributed by atoms with E-state index in [-0.39, 0.29) is 17.6 Å². The van der Waals surface area contributed by atoms with Crippen LogP contribution < -0.4 is 5.32 Å². The van der Waals surface area contributed by atoms with Crippen LogP contribution in [0.2, 0.25) is 0 Å². The Hall–Kier alpha value is -3.24. The van der Waals surface area contributed by atoms with Gasteiger partial charge in [0.2, 0.25) is 0 Å². The molecule has 7 nitrogen and oxygen atoms in total. The van der Waals surface area contributed by atoms with Crippen LogP contribution in [-0.4, -0.2) is 51.9 Å². The van der Waals surface area contributed by atoms with E-state index in [4.69, 9.17) is 4.74 Å². The van der Waals surface area contributed by atoms with Crippen LogP contribution in [0.4, 0.5) is 13.2 Å². The number of hydrogen-bond donors (Lipinski definition) is 1. The predicted octanol–water partition coefficient (Wildman–Crippen LogP) is 4.17. The van der Waals surface area contributed by atoms with E-state index in [2.05, 4.69) is 26.4 Å². The largest absolute Gasteiger partial charge is 0.417 e. The maximum absolute atomic E-state index is 13.1. The SMILES string of the molecule is CC(C)c1c(C(=O)NCc2ccccc2CN2CCOCC2)cnn1-c1ccc(C(F)(F)F)cn1. The number of aromatic nitrogens is 3. The van der Waals surface area contributed by atoms with Crippen LogP contribution in [0.15, 0.2) is 48.8 Å². The lowest BCUT2D eigenvalue weighted by Crippen LogP contribution is -2.36. The van der Waals surface area contributed by atoms with Crippen molar-refractivity contribution in [2.45, 2.75) is 39.0 Å². The molecule has 1 fully saturated rings. The molecule has 1 amide bonds. The van der Waals surface area contributed by atoms with Gasteiger partial charge in [-0.15, -0.1) is 0 Å². The van der Waals surface area contributed by atoms with Crippen LogP contribution in [0.5, 0.6) is 0 Å². The van der Waals surface area contributed by atoms with Gasteiger partial charge in [0.25, 0.3) is 5.91 Å². The average molecular weight is 488 g/mol. The van der Waals surface area contributed by atoms with E-state index in [1.807, 2.05) is 32.0 Å². The normalized spacial score (nSPS) is 14.9. The Morgan fingerprint density at radius 1 is 1.09 bits per heavy atom. The van der Waals surface area contributed by atoms with Crippen molar-refractivity contribution in [1.29, 1.82) is 0 Å². The highest BCUT2D eigenvalue weighted by Crippen LogP contribution is 2.29. The van der Waals surface area contributed by atoms with Crippen molar-refractivity contribution in [3.8, 4) is 5.82 Å². The number of nitrogens with zero attached hydrogens (tertiary/aromatic N) is 4. The molecule has 1 aromatic carbocycles. The second kappa shape index (κ2) is 10.6. The highest BCUT2D eigenvalue weighted by molar-refractivity contribution is 5.95. The lowest BCUT2D eigenvalue weighted by atomic mass is 10.0. The molecule has 0 aliphatic carbocycles. The van der Waals surface area contributed by atoms with Gasteiger partial charge in [0.15, 0.2) is 5.82 Å². The summed E-state index contributed by atoms with van der Waals surface area (Å²) in [6.07, 6.45) is -2.27. The fourth-order valence-corrected chi connectivity index (χ4v) is 4.11. The Morgan fingerprint density at radius 3 is 2.43 bits per heavy atom. The summed E-state index contributed by atoms with van der Waals surface area (Å²) in [6.45, 7) is 8.09. The van der Waals surface area contributed by atoms with Crippen molar-refractivity contribution in [3.05, 3.63) is 76.7 Å². The summed E-state index contributed by atoms with van der Waals surface area (Å²) in [5.74, 6) is -0.194.